The van der Waals surface area contributed by atoms with Crippen LogP contribution < -0.4 is 10.6 Å². The molecule has 1 aromatic carbocycles. The maximum Gasteiger partial charge on any atom is 0.239 e. The topological polar surface area (TPSA) is 41.1 Å². The summed E-state index contributed by atoms with van der Waals surface area (Å²) in [5.41, 5.74) is 4.91. The van der Waals surface area contributed by atoms with Crippen LogP contribution in [0.3, 0.4) is 0 Å². The molecule has 3 nitrogen and oxygen atoms in total. The Hall–Kier alpha value is -1.77. The van der Waals surface area contributed by atoms with E-state index in [0.29, 0.717) is 6.54 Å². The first kappa shape index (κ1) is 15.6. The van der Waals surface area contributed by atoms with Gasteiger partial charge in [-0.3, -0.25) is 4.79 Å². The summed E-state index contributed by atoms with van der Waals surface area (Å²) in [4.78, 5) is 11.9. The van der Waals surface area contributed by atoms with E-state index in [9.17, 15) is 4.79 Å². The molecule has 0 unspecified atom stereocenters. The molecule has 1 aromatic rings. The van der Waals surface area contributed by atoms with E-state index >= 15 is 0 Å². The van der Waals surface area contributed by atoms with Crippen molar-refractivity contribution in [3.05, 3.63) is 41.0 Å². The fourth-order valence-corrected chi connectivity index (χ4v) is 2.66. The zero-order valence-corrected chi connectivity index (χ0v) is 13.2. The average molecular weight is 286 g/mol. The standard InChI is InChI=1S/C18H26N2O/c1-14-8-9-15(2)17(12-14)20-13-18(21)19-11-10-16-6-4-3-5-7-16/h6,8-9,12,20H,3-5,7,10-11,13H2,1-2H3,(H,19,21). The molecule has 0 spiro atoms. The predicted octanol–water partition coefficient (Wildman–Crippen LogP) is 3.72. The van der Waals surface area contributed by atoms with Gasteiger partial charge in [0.15, 0.2) is 0 Å². The van der Waals surface area contributed by atoms with Crippen molar-refractivity contribution in [2.45, 2.75) is 46.0 Å². The normalized spacial score (nSPS) is 14.5. The molecule has 0 radical (unpaired) electrons. The summed E-state index contributed by atoms with van der Waals surface area (Å²) in [5, 5.41) is 6.21. The highest BCUT2D eigenvalue weighted by Crippen LogP contribution is 2.19. The molecule has 0 bridgehead atoms. The lowest BCUT2D eigenvalue weighted by Gasteiger charge is -2.14. The molecule has 1 amide bonds. The molecule has 0 saturated carbocycles. The number of hydrogen-bond acceptors (Lipinski definition) is 2. The summed E-state index contributed by atoms with van der Waals surface area (Å²) in [6.45, 7) is 5.19. The molecule has 1 aliphatic rings. The van der Waals surface area contributed by atoms with Gasteiger partial charge in [-0.05, 0) is 63.1 Å². The third kappa shape index (κ3) is 5.25. The van der Waals surface area contributed by atoms with E-state index in [-0.39, 0.29) is 5.91 Å². The van der Waals surface area contributed by atoms with Crippen LogP contribution in [0.4, 0.5) is 5.69 Å². The number of carbonyl (C=O) groups excluding carboxylic acids is 1. The minimum absolute atomic E-state index is 0.0623. The smallest absolute Gasteiger partial charge is 0.239 e. The highest BCUT2D eigenvalue weighted by atomic mass is 16.1. The second kappa shape index (κ2) is 7.87. The predicted molar refractivity (Wildman–Crippen MR) is 88.6 cm³/mol. The van der Waals surface area contributed by atoms with Crippen LogP contribution in [0.25, 0.3) is 0 Å². The van der Waals surface area contributed by atoms with Gasteiger partial charge in [-0.1, -0.05) is 23.8 Å². The largest absolute Gasteiger partial charge is 0.376 e. The Bertz CT molecular complexity index is 520. The van der Waals surface area contributed by atoms with Crippen LogP contribution in [0, 0.1) is 13.8 Å². The lowest BCUT2D eigenvalue weighted by atomic mass is 9.97. The fraction of sp³-hybridized carbons (Fsp3) is 0.500. The van der Waals surface area contributed by atoms with E-state index in [0.717, 1.165) is 18.7 Å². The summed E-state index contributed by atoms with van der Waals surface area (Å²) in [7, 11) is 0. The maximum atomic E-state index is 11.9. The van der Waals surface area contributed by atoms with Gasteiger partial charge in [-0.2, -0.15) is 0 Å². The van der Waals surface area contributed by atoms with Crippen LogP contribution in [0.2, 0.25) is 0 Å². The van der Waals surface area contributed by atoms with Gasteiger partial charge in [0.2, 0.25) is 5.91 Å². The third-order valence-electron chi connectivity index (χ3n) is 3.99. The van der Waals surface area contributed by atoms with E-state index in [1.54, 1.807) is 0 Å². The zero-order valence-electron chi connectivity index (χ0n) is 13.2. The van der Waals surface area contributed by atoms with Crippen LogP contribution in [0.5, 0.6) is 0 Å². The SMILES string of the molecule is Cc1ccc(C)c(NCC(=O)NCCC2=CCCCC2)c1. The second-order valence-electron chi connectivity index (χ2n) is 5.88. The Morgan fingerprint density at radius 3 is 2.86 bits per heavy atom. The van der Waals surface area contributed by atoms with Gasteiger partial charge >= 0.3 is 0 Å². The number of rotatable bonds is 6. The van der Waals surface area contributed by atoms with Crippen LogP contribution in [-0.2, 0) is 4.79 Å². The van der Waals surface area contributed by atoms with E-state index in [1.807, 2.05) is 0 Å². The van der Waals surface area contributed by atoms with E-state index < -0.39 is 0 Å². The number of aryl methyl sites for hydroxylation is 2. The Balaban J connectivity index is 1.69. The highest BCUT2D eigenvalue weighted by molar-refractivity contribution is 5.81. The van der Waals surface area contributed by atoms with Crippen molar-refractivity contribution in [2.24, 2.45) is 0 Å². The van der Waals surface area contributed by atoms with E-state index in [1.165, 1.54) is 42.4 Å². The molecule has 0 saturated heterocycles. The first-order chi connectivity index (χ1) is 10.1. The monoisotopic (exact) mass is 286 g/mol. The molecule has 1 aliphatic carbocycles. The zero-order chi connectivity index (χ0) is 15.1. The van der Waals surface area contributed by atoms with Crippen molar-refractivity contribution in [1.82, 2.24) is 5.32 Å². The van der Waals surface area contributed by atoms with E-state index in [2.05, 4.69) is 48.8 Å². The molecule has 0 aromatic heterocycles. The van der Waals surface area contributed by atoms with Crippen molar-refractivity contribution in [3.8, 4) is 0 Å². The van der Waals surface area contributed by atoms with Gasteiger partial charge < -0.3 is 10.6 Å². The molecule has 0 heterocycles. The molecule has 114 valence electrons. The number of benzene rings is 1. The Labute approximate surface area is 127 Å². The van der Waals surface area contributed by atoms with Gasteiger partial charge in [0.25, 0.3) is 0 Å². The average Bonchev–Trinajstić information content (AvgIpc) is 2.49. The molecule has 21 heavy (non-hydrogen) atoms. The molecule has 0 fully saturated rings. The molecule has 0 aliphatic heterocycles. The number of hydrogen-bond donors (Lipinski definition) is 2. The summed E-state index contributed by atoms with van der Waals surface area (Å²) in [6, 6.07) is 6.24. The minimum Gasteiger partial charge on any atom is -0.376 e. The second-order valence-corrected chi connectivity index (χ2v) is 5.88. The van der Waals surface area contributed by atoms with Crippen LogP contribution >= 0.6 is 0 Å². The molecular formula is C18H26N2O. The number of anilines is 1. The molecule has 2 rings (SSSR count). The highest BCUT2D eigenvalue weighted by Gasteiger charge is 2.06. The molecule has 3 heteroatoms. The van der Waals surface area contributed by atoms with Gasteiger partial charge in [0.1, 0.15) is 0 Å². The lowest BCUT2D eigenvalue weighted by molar-refractivity contribution is -0.119. The first-order valence-corrected chi connectivity index (χ1v) is 7.91. The van der Waals surface area contributed by atoms with Crippen LogP contribution in [0.1, 0.15) is 43.2 Å². The summed E-state index contributed by atoms with van der Waals surface area (Å²) < 4.78 is 0. The van der Waals surface area contributed by atoms with Gasteiger partial charge in [-0.15, -0.1) is 0 Å². The maximum absolute atomic E-state index is 11.9. The molecular weight excluding hydrogens is 260 g/mol. The van der Waals surface area contributed by atoms with Crippen molar-refractivity contribution in [2.75, 3.05) is 18.4 Å². The minimum atomic E-state index is 0.0623. The summed E-state index contributed by atoms with van der Waals surface area (Å²) in [6.07, 6.45) is 8.36. The van der Waals surface area contributed by atoms with Crippen LogP contribution in [0.15, 0.2) is 29.8 Å². The molecule has 2 N–H and O–H groups in total. The van der Waals surface area contributed by atoms with Crippen molar-refractivity contribution < 1.29 is 4.79 Å². The lowest BCUT2D eigenvalue weighted by Crippen LogP contribution is -2.31. The molecule has 0 atom stereocenters. The number of allylic oxidation sites excluding steroid dienone is 1. The third-order valence-corrected chi connectivity index (χ3v) is 3.99. The fourth-order valence-electron chi connectivity index (χ4n) is 2.66. The Morgan fingerprint density at radius 1 is 1.24 bits per heavy atom. The van der Waals surface area contributed by atoms with Crippen molar-refractivity contribution >= 4 is 11.6 Å². The van der Waals surface area contributed by atoms with Gasteiger partial charge in [0, 0.05) is 12.2 Å². The quantitative estimate of drug-likeness (QED) is 0.783. The summed E-state index contributed by atoms with van der Waals surface area (Å²) >= 11 is 0. The Kier molecular flexibility index (Phi) is 5.85. The number of carbonyl (C=O) groups is 1. The van der Waals surface area contributed by atoms with E-state index in [4.69, 9.17) is 0 Å². The first-order valence-electron chi connectivity index (χ1n) is 7.91. The number of amides is 1. The van der Waals surface area contributed by atoms with Crippen molar-refractivity contribution in [3.63, 3.8) is 0 Å². The van der Waals surface area contributed by atoms with Crippen molar-refractivity contribution in [1.29, 1.82) is 0 Å². The summed E-state index contributed by atoms with van der Waals surface area (Å²) in [5.74, 6) is 0.0623. The number of nitrogens with one attached hydrogen (secondary N) is 2. The Morgan fingerprint density at radius 2 is 2.10 bits per heavy atom. The van der Waals surface area contributed by atoms with Gasteiger partial charge in [-0.25, -0.2) is 0 Å². The van der Waals surface area contributed by atoms with Crippen LogP contribution in [-0.4, -0.2) is 19.0 Å². The van der Waals surface area contributed by atoms with Gasteiger partial charge in [0.05, 0.1) is 6.54 Å².